The average molecular weight is 252 g/mol. The monoisotopic (exact) mass is 252 g/mol. The zero-order chi connectivity index (χ0) is 12.3. The molecular weight excluding hydrogens is 232 g/mol. The summed E-state index contributed by atoms with van der Waals surface area (Å²) < 4.78 is 0. The van der Waals surface area contributed by atoms with E-state index in [1.165, 1.54) is 9.75 Å². The molecule has 2 rings (SSSR count). The highest BCUT2D eigenvalue weighted by atomic mass is 32.1. The Labute approximate surface area is 107 Å². The molecule has 4 heteroatoms. The lowest BCUT2D eigenvalue weighted by atomic mass is 9.99. The second-order valence-electron chi connectivity index (χ2n) is 4.77. The number of rotatable bonds is 4. The maximum absolute atomic E-state index is 12.0. The van der Waals surface area contributed by atoms with E-state index in [2.05, 4.69) is 29.7 Å². The number of aryl methyl sites for hydroxylation is 1. The van der Waals surface area contributed by atoms with Gasteiger partial charge in [-0.1, -0.05) is 6.92 Å². The molecule has 1 unspecified atom stereocenters. The quantitative estimate of drug-likeness (QED) is 0.861. The van der Waals surface area contributed by atoms with E-state index in [-0.39, 0.29) is 11.4 Å². The van der Waals surface area contributed by atoms with Crippen LogP contribution in [0.2, 0.25) is 0 Å². The molecule has 0 aliphatic carbocycles. The van der Waals surface area contributed by atoms with Crippen molar-refractivity contribution in [3.63, 3.8) is 0 Å². The molecular formula is C13H20N2OS. The number of carbonyl (C=O) groups excluding carboxylic acids is 1. The summed E-state index contributed by atoms with van der Waals surface area (Å²) >= 11 is 1.78. The molecule has 1 aromatic rings. The van der Waals surface area contributed by atoms with Crippen LogP contribution in [0.25, 0.3) is 0 Å². The summed E-state index contributed by atoms with van der Waals surface area (Å²) in [6.45, 7) is 5.74. The standard InChI is InChI=1S/C13H20N2OS/c1-3-10-5-6-11(17-10)9-14-12(16)13(2)7-4-8-15-13/h5-6,15H,3-4,7-9H2,1-2H3,(H,14,16). The van der Waals surface area contributed by atoms with Crippen LogP contribution in [0.3, 0.4) is 0 Å². The van der Waals surface area contributed by atoms with Crippen LogP contribution in [-0.4, -0.2) is 18.0 Å². The smallest absolute Gasteiger partial charge is 0.240 e. The second kappa shape index (κ2) is 5.19. The van der Waals surface area contributed by atoms with E-state index in [0.29, 0.717) is 6.54 Å². The summed E-state index contributed by atoms with van der Waals surface area (Å²) in [5.74, 6) is 0.126. The van der Waals surface area contributed by atoms with Crippen molar-refractivity contribution in [1.29, 1.82) is 0 Å². The highest BCUT2D eigenvalue weighted by Crippen LogP contribution is 2.20. The number of thiophene rings is 1. The van der Waals surface area contributed by atoms with Crippen molar-refractivity contribution < 1.29 is 4.79 Å². The summed E-state index contributed by atoms with van der Waals surface area (Å²) in [4.78, 5) is 14.7. The Morgan fingerprint density at radius 2 is 2.29 bits per heavy atom. The molecule has 0 bridgehead atoms. The van der Waals surface area contributed by atoms with Gasteiger partial charge in [0, 0.05) is 9.75 Å². The largest absolute Gasteiger partial charge is 0.350 e. The molecule has 3 nitrogen and oxygen atoms in total. The molecule has 17 heavy (non-hydrogen) atoms. The van der Waals surface area contributed by atoms with E-state index in [9.17, 15) is 4.79 Å². The minimum absolute atomic E-state index is 0.126. The third-order valence-electron chi connectivity index (χ3n) is 3.36. The van der Waals surface area contributed by atoms with E-state index in [1.807, 2.05) is 6.92 Å². The Morgan fingerprint density at radius 1 is 1.53 bits per heavy atom. The first-order valence-corrected chi connectivity index (χ1v) is 7.06. The van der Waals surface area contributed by atoms with E-state index in [4.69, 9.17) is 0 Å². The molecule has 2 N–H and O–H groups in total. The minimum Gasteiger partial charge on any atom is -0.350 e. The zero-order valence-electron chi connectivity index (χ0n) is 10.5. The molecule has 1 atom stereocenters. The summed E-state index contributed by atoms with van der Waals surface area (Å²) in [6, 6.07) is 4.25. The maximum Gasteiger partial charge on any atom is 0.240 e. The predicted molar refractivity (Wildman–Crippen MR) is 71.2 cm³/mol. The van der Waals surface area contributed by atoms with Gasteiger partial charge in [0.2, 0.25) is 5.91 Å². The van der Waals surface area contributed by atoms with Crippen molar-refractivity contribution in [1.82, 2.24) is 10.6 Å². The van der Waals surface area contributed by atoms with Crippen LogP contribution < -0.4 is 10.6 Å². The van der Waals surface area contributed by atoms with Gasteiger partial charge in [0.15, 0.2) is 0 Å². The molecule has 94 valence electrons. The molecule has 1 aliphatic heterocycles. The van der Waals surface area contributed by atoms with Crippen LogP contribution in [0.5, 0.6) is 0 Å². The summed E-state index contributed by atoms with van der Waals surface area (Å²) in [7, 11) is 0. The van der Waals surface area contributed by atoms with Gasteiger partial charge >= 0.3 is 0 Å². The van der Waals surface area contributed by atoms with Crippen molar-refractivity contribution >= 4 is 17.2 Å². The van der Waals surface area contributed by atoms with Crippen LogP contribution in [0.15, 0.2) is 12.1 Å². The van der Waals surface area contributed by atoms with E-state index >= 15 is 0 Å². The first kappa shape index (κ1) is 12.6. The third kappa shape index (κ3) is 2.87. The highest BCUT2D eigenvalue weighted by Gasteiger charge is 2.35. The van der Waals surface area contributed by atoms with Gasteiger partial charge in [-0.3, -0.25) is 4.79 Å². The van der Waals surface area contributed by atoms with Crippen molar-refractivity contribution in [2.24, 2.45) is 0 Å². The fourth-order valence-electron chi connectivity index (χ4n) is 2.16. The normalized spacial score (nSPS) is 23.9. The van der Waals surface area contributed by atoms with Crippen molar-refractivity contribution in [3.8, 4) is 0 Å². The Hall–Kier alpha value is -0.870. The van der Waals surface area contributed by atoms with Crippen molar-refractivity contribution in [3.05, 3.63) is 21.9 Å². The van der Waals surface area contributed by atoms with Gasteiger partial charge < -0.3 is 10.6 Å². The number of carbonyl (C=O) groups is 1. The molecule has 2 heterocycles. The molecule has 1 amide bonds. The van der Waals surface area contributed by atoms with E-state index in [1.54, 1.807) is 11.3 Å². The fraction of sp³-hybridized carbons (Fsp3) is 0.615. The Balaban J connectivity index is 1.87. The third-order valence-corrected chi connectivity index (χ3v) is 4.59. The van der Waals surface area contributed by atoms with Gasteiger partial charge in [0.05, 0.1) is 12.1 Å². The van der Waals surface area contributed by atoms with Gasteiger partial charge in [0.25, 0.3) is 0 Å². The lowest BCUT2D eigenvalue weighted by Crippen LogP contribution is -2.50. The Kier molecular flexibility index (Phi) is 3.84. The minimum atomic E-state index is -0.356. The zero-order valence-corrected chi connectivity index (χ0v) is 11.3. The maximum atomic E-state index is 12.0. The number of hydrogen-bond acceptors (Lipinski definition) is 3. The first-order chi connectivity index (χ1) is 8.14. The molecule has 1 aliphatic rings. The second-order valence-corrected chi connectivity index (χ2v) is 6.02. The van der Waals surface area contributed by atoms with E-state index in [0.717, 1.165) is 25.8 Å². The molecule has 0 aromatic carbocycles. The van der Waals surface area contributed by atoms with Crippen LogP contribution in [-0.2, 0) is 17.8 Å². The molecule has 1 fully saturated rings. The van der Waals surface area contributed by atoms with Crippen LogP contribution >= 0.6 is 11.3 Å². The molecule has 1 saturated heterocycles. The van der Waals surface area contributed by atoms with Gasteiger partial charge in [-0.25, -0.2) is 0 Å². The Morgan fingerprint density at radius 3 is 2.88 bits per heavy atom. The predicted octanol–water partition coefficient (Wildman–Crippen LogP) is 2.07. The van der Waals surface area contributed by atoms with Gasteiger partial charge in [-0.2, -0.15) is 0 Å². The van der Waals surface area contributed by atoms with Gasteiger partial charge in [-0.15, -0.1) is 11.3 Å². The fourth-order valence-corrected chi connectivity index (χ4v) is 3.06. The molecule has 0 radical (unpaired) electrons. The highest BCUT2D eigenvalue weighted by molar-refractivity contribution is 7.11. The number of amides is 1. The van der Waals surface area contributed by atoms with Crippen LogP contribution in [0.1, 0.15) is 36.4 Å². The molecule has 0 saturated carbocycles. The van der Waals surface area contributed by atoms with Gasteiger partial charge in [0.1, 0.15) is 0 Å². The van der Waals surface area contributed by atoms with Gasteiger partial charge in [-0.05, 0) is 44.9 Å². The van der Waals surface area contributed by atoms with Crippen molar-refractivity contribution in [2.45, 2.75) is 45.2 Å². The molecule has 1 aromatic heterocycles. The number of nitrogens with one attached hydrogen (secondary N) is 2. The lowest BCUT2D eigenvalue weighted by Gasteiger charge is -2.22. The average Bonchev–Trinajstić information content (AvgIpc) is 2.95. The Bertz CT molecular complexity index is 394. The van der Waals surface area contributed by atoms with E-state index < -0.39 is 0 Å². The summed E-state index contributed by atoms with van der Waals surface area (Å²) in [5, 5.41) is 6.30. The van der Waals surface area contributed by atoms with Crippen molar-refractivity contribution in [2.75, 3.05) is 6.54 Å². The summed E-state index contributed by atoms with van der Waals surface area (Å²) in [5.41, 5.74) is -0.356. The summed E-state index contributed by atoms with van der Waals surface area (Å²) in [6.07, 6.45) is 3.09. The van der Waals surface area contributed by atoms with Crippen LogP contribution in [0.4, 0.5) is 0 Å². The topological polar surface area (TPSA) is 41.1 Å². The number of hydrogen-bond donors (Lipinski definition) is 2. The lowest BCUT2D eigenvalue weighted by molar-refractivity contribution is -0.126. The molecule has 0 spiro atoms. The SMILES string of the molecule is CCc1ccc(CNC(=O)C2(C)CCCN2)s1. The van der Waals surface area contributed by atoms with Crippen LogP contribution in [0, 0.1) is 0 Å². The first-order valence-electron chi connectivity index (χ1n) is 6.25.